The number of hydrogen-bond donors (Lipinski definition) is 0. The number of ether oxygens (including phenoxy) is 1. The van der Waals surface area contributed by atoms with Gasteiger partial charge in [0, 0.05) is 8.90 Å². The smallest absolute Gasteiger partial charge is 0.0922 e. The van der Waals surface area contributed by atoms with Gasteiger partial charge in [-0.2, -0.15) is 0 Å². The first-order valence-corrected chi connectivity index (χ1v) is 8.54. The minimum absolute atomic E-state index is 0.101. The fourth-order valence-electron chi connectivity index (χ4n) is 1.93. The predicted octanol–water partition coefficient (Wildman–Crippen LogP) is 5.70. The van der Waals surface area contributed by atoms with E-state index in [0.29, 0.717) is 0 Å². The largest absolute Gasteiger partial charge is 0.365 e. The maximum atomic E-state index is 6.19. The molecule has 0 aliphatic heterocycles. The molecule has 2 atom stereocenters. The summed E-state index contributed by atoms with van der Waals surface area (Å²) in [7, 11) is 0. The molecule has 0 aliphatic rings. The minimum atomic E-state index is 0.101. The first-order valence-electron chi connectivity index (χ1n) is 6.22. The summed E-state index contributed by atoms with van der Waals surface area (Å²) in [5.74, 6) is 0. The summed E-state index contributed by atoms with van der Waals surface area (Å²) in [6.45, 7) is 2.10. The minimum Gasteiger partial charge on any atom is -0.365 e. The number of rotatable bonds is 5. The van der Waals surface area contributed by atoms with Gasteiger partial charge in [-0.1, -0.05) is 81.0 Å². The van der Waals surface area contributed by atoms with Crippen LogP contribution in [0.5, 0.6) is 0 Å². The fourth-order valence-corrected chi connectivity index (χ4v) is 2.91. The number of halogens is 2. The molecule has 2 rings (SSSR count). The second-order valence-electron chi connectivity index (χ2n) is 4.38. The van der Waals surface area contributed by atoms with Crippen molar-refractivity contribution in [2.45, 2.75) is 19.1 Å². The van der Waals surface area contributed by atoms with Crippen molar-refractivity contribution in [3.8, 4) is 0 Å². The SMILES string of the molecule is CC(OC(CI)c1ccc(Br)cc1)c1ccccc1. The van der Waals surface area contributed by atoms with E-state index in [2.05, 4.69) is 81.8 Å². The van der Waals surface area contributed by atoms with Crippen LogP contribution in [0.15, 0.2) is 59.1 Å². The van der Waals surface area contributed by atoms with E-state index < -0.39 is 0 Å². The summed E-state index contributed by atoms with van der Waals surface area (Å²) < 4.78 is 8.23. The zero-order valence-corrected chi connectivity index (χ0v) is 14.5. The molecule has 19 heavy (non-hydrogen) atoms. The molecule has 0 N–H and O–H groups in total. The van der Waals surface area contributed by atoms with Crippen LogP contribution in [0.2, 0.25) is 0 Å². The molecule has 0 spiro atoms. The number of hydrogen-bond acceptors (Lipinski definition) is 1. The van der Waals surface area contributed by atoms with Crippen LogP contribution in [-0.4, -0.2) is 4.43 Å². The highest BCUT2D eigenvalue weighted by Crippen LogP contribution is 2.28. The quantitative estimate of drug-likeness (QED) is 0.436. The van der Waals surface area contributed by atoms with Crippen molar-refractivity contribution in [1.29, 1.82) is 0 Å². The van der Waals surface area contributed by atoms with E-state index in [-0.39, 0.29) is 12.2 Å². The van der Waals surface area contributed by atoms with Gasteiger partial charge in [0.2, 0.25) is 0 Å². The third-order valence-corrected chi connectivity index (χ3v) is 4.35. The molecule has 0 saturated carbocycles. The normalized spacial score (nSPS) is 14.1. The summed E-state index contributed by atoms with van der Waals surface area (Å²) in [4.78, 5) is 0. The number of benzene rings is 2. The van der Waals surface area contributed by atoms with Gasteiger partial charge >= 0.3 is 0 Å². The summed E-state index contributed by atoms with van der Waals surface area (Å²) in [6, 6.07) is 18.7. The molecule has 0 heterocycles. The van der Waals surface area contributed by atoms with Crippen molar-refractivity contribution < 1.29 is 4.74 Å². The molecular weight excluding hydrogens is 415 g/mol. The molecule has 0 saturated heterocycles. The average Bonchev–Trinajstić information content (AvgIpc) is 2.46. The Kier molecular flexibility index (Phi) is 5.85. The molecule has 3 heteroatoms. The highest BCUT2D eigenvalue weighted by molar-refractivity contribution is 14.1. The number of alkyl halides is 1. The van der Waals surface area contributed by atoms with E-state index in [1.165, 1.54) is 11.1 Å². The Bertz CT molecular complexity index is 498. The van der Waals surface area contributed by atoms with Gasteiger partial charge in [0.15, 0.2) is 0 Å². The lowest BCUT2D eigenvalue weighted by Crippen LogP contribution is -2.09. The molecule has 0 aromatic heterocycles. The van der Waals surface area contributed by atoms with Crippen molar-refractivity contribution in [3.05, 3.63) is 70.2 Å². The molecule has 2 aromatic carbocycles. The fraction of sp³-hybridized carbons (Fsp3) is 0.250. The molecule has 0 aliphatic carbocycles. The molecule has 0 radical (unpaired) electrons. The topological polar surface area (TPSA) is 9.23 Å². The van der Waals surface area contributed by atoms with Gasteiger partial charge in [-0.25, -0.2) is 0 Å². The zero-order valence-electron chi connectivity index (χ0n) is 10.7. The Morgan fingerprint density at radius 2 is 1.63 bits per heavy atom. The third-order valence-electron chi connectivity index (χ3n) is 3.02. The highest BCUT2D eigenvalue weighted by Gasteiger charge is 2.15. The molecule has 100 valence electrons. The highest BCUT2D eigenvalue weighted by atomic mass is 127. The van der Waals surface area contributed by atoms with Crippen LogP contribution in [0.4, 0.5) is 0 Å². The van der Waals surface area contributed by atoms with E-state index in [4.69, 9.17) is 4.74 Å². The monoisotopic (exact) mass is 430 g/mol. The Balaban J connectivity index is 2.09. The van der Waals surface area contributed by atoms with Gasteiger partial charge in [0.05, 0.1) is 12.2 Å². The first kappa shape index (κ1) is 15.0. The van der Waals surface area contributed by atoms with E-state index in [1.54, 1.807) is 0 Å². The van der Waals surface area contributed by atoms with Crippen molar-refractivity contribution in [1.82, 2.24) is 0 Å². The van der Waals surface area contributed by atoms with Crippen LogP contribution in [0.3, 0.4) is 0 Å². The second-order valence-corrected chi connectivity index (χ2v) is 6.18. The van der Waals surface area contributed by atoms with E-state index in [1.807, 2.05) is 18.2 Å². The van der Waals surface area contributed by atoms with Gasteiger partial charge in [-0.3, -0.25) is 0 Å². The standard InChI is InChI=1S/C16H16BrIO/c1-12(13-5-3-2-4-6-13)19-16(11-18)14-7-9-15(17)10-8-14/h2-10,12,16H,11H2,1H3. The van der Waals surface area contributed by atoms with Crippen molar-refractivity contribution in [2.24, 2.45) is 0 Å². The maximum absolute atomic E-state index is 6.19. The molecule has 2 unspecified atom stereocenters. The van der Waals surface area contributed by atoms with Crippen molar-refractivity contribution >= 4 is 38.5 Å². The van der Waals surface area contributed by atoms with Gasteiger partial charge < -0.3 is 4.74 Å². The first-order chi connectivity index (χ1) is 9.20. The van der Waals surface area contributed by atoms with Gasteiger partial charge in [0.1, 0.15) is 0 Å². The second kappa shape index (κ2) is 7.41. The Hall–Kier alpha value is -0.390. The Morgan fingerprint density at radius 3 is 2.21 bits per heavy atom. The van der Waals surface area contributed by atoms with E-state index >= 15 is 0 Å². The Morgan fingerprint density at radius 1 is 1.00 bits per heavy atom. The molecule has 1 nitrogen and oxygen atoms in total. The van der Waals surface area contributed by atoms with Crippen molar-refractivity contribution in [2.75, 3.05) is 4.43 Å². The molecule has 0 bridgehead atoms. The summed E-state index contributed by atoms with van der Waals surface area (Å²) in [5, 5.41) is 0. The van der Waals surface area contributed by atoms with Crippen LogP contribution in [0, 0.1) is 0 Å². The molecule has 0 amide bonds. The molecular formula is C16H16BrIO. The molecule has 0 fully saturated rings. The van der Waals surface area contributed by atoms with E-state index in [9.17, 15) is 0 Å². The van der Waals surface area contributed by atoms with Crippen LogP contribution in [0.25, 0.3) is 0 Å². The Labute approximate surface area is 136 Å². The van der Waals surface area contributed by atoms with Gasteiger partial charge in [-0.05, 0) is 30.2 Å². The third kappa shape index (κ3) is 4.29. The lowest BCUT2D eigenvalue weighted by Gasteiger charge is -2.21. The lowest BCUT2D eigenvalue weighted by atomic mass is 10.1. The van der Waals surface area contributed by atoms with Gasteiger partial charge in [-0.15, -0.1) is 0 Å². The van der Waals surface area contributed by atoms with Gasteiger partial charge in [0.25, 0.3) is 0 Å². The average molecular weight is 431 g/mol. The summed E-state index contributed by atoms with van der Waals surface area (Å²) >= 11 is 5.84. The predicted molar refractivity (Wildman–Crippen MR) is 91.7 cm³/mol. The van der Waals surface area contributed by atoms with Crippen LogP contribution in [-0.2, 0) is 4.74 Å². The van der Waals surface area contributed by atoms with Crippen LogP contribution < -0.4 is 0 Å². The maximum Gasteiger partial charge on any atom is 0.0922 e. The summed E-state index contributed by atoms with van der Waals surface area (Å²) in [5.41, 5.74) is 2.44. The van der Waals surface area contributed by atoms with Crippen LogP contribution >= 0.6 is 38.5 Å². The van der Waals surface area contributed by atoms with Crippen LogP contribution in [0.1, 0.15) is 30.3 Å². The summed E-state index contributed by atoms with van der Waals surface area (Å²) in [6.07, 6.45) is 0.230. The zero-order chi connectivity index (χ0) is 13.7. The molecule has 2 aromatic rings. The van der Waals surface area contributed by atoms with Crippen molar-refractivity contribution in [3.63, 3.8) is 0 Å². The lowest BCUT2D eigenvalue weighted by molar-refractivity contribution is 0.0103. The van der Waals surface area contributed by atoms with E-state index in [0.717, 1.165) is 8.90 Å².